The molecule has 0 aliphatic carbocycles. The van der Waals surface area contributed by atoms with Crippen LogP contribution in [0, 0.1) is 11.3 Å². The molecule has 2 atom stereocenters. The van der Waals surface area contributed by atoms with E-state index < -0.39 is 21.5 Å². The van der Waals surface area contributed by atoms with Crippen molar-refractivity contribution in [1.82, 2.24) is 14.5 Å². The second-order valence-corrected chi connectivity index (χ2v) is 9.89. The van der Waals surface area contributed by atoms with E-state index in [1.807, 2.05) is 13.8 Å². The monoisotopic (exact) mass is 361 g/mol. The van der Waals surface area contributed by atoms with E-state index in [-0.39, 0.29) is 30.3 Å². The normalized spacial score (nSPS) is 21.7. The molecule has 2 amide bonds. The van der Waals surface area contributed by atoms with Gasteiger partial charge in [0.2, 0.25) is 21.8 Å². The van der Waals surface area contributed by atoms with Gasteiger partial charge in [0, 0.05) is 31.1 Å². The van der Waals surface area contributed by atoms with Gasteiger partial charge in [0.15, 0.2) is 0 Å². The third-order valence-electron chi connectivity index (χ3n) is 4.20. The smallest absolute Gasteiger partial charge is 0.245 e. The van der Waals surface area contributed by atoms with Crippen molar-refractivity contribution in [2.45, 2.75) is 53.6 Å². The Bertz CT molecular complexity index is 581. The highest BCUT2D eigenvalue weighted by atomic mass is 32.2. The quantitative estimate of drug-likeness (QED) is 0.797. The summed E-state index contributed by atoms with van der Waals surface area (Å²) in [5.41, 5.74) is -0.574. The molecule has 0 radical (unpaired) electrons. The van der Waals surface area contributed by atoms with Crippen molar-refractivity contribution in [1.29, 1.82) is 0 Å². The van der Waals surface area contributed by atoms with Crippen LogP contribution in [0.25, 0.3) is 0 Å². The lowest BCUT2D eigenvalue weighted by Crippen LogP contribution is -2.60. The zero-order valence-electron chi connectivity index (χ0n) is 15.8. The summed E-state index contributed by atoms with van der Waals surface area (Å²) >= 11 is 0. The second kappa shape index (κ2) is 7.39. The highest BCUT2D eigenvalue weighted by Gasteiger charge is 2.36. The van der Waals surface area contributed by atoms with E-state index >= 15 is 0 Å². The molecule has 1 unspecified atom stereocenters. The van der Waals surface area contributed by atoms with Crippen LogP contribution in [0.2, 0.25) is 0 Å². The molecule has 1 rings (SSSR count). The fourth-order valence-corrected chi connectivity index (χ4v) is 3.84. The van der Waals surface area contributed by atoms with Crippen LogP contribution in [-0.2, 0) is 19.6 Å². The van der Waals surface area contributed by atoms with Gasteiger partial charge in [-0.3, -0.25) is 9.59 Å². The van der Waals surface area contributed by atoms with Crippen LogP contribution in [0.15, 0.2) is 0 Å². The van der Waals surface area contributed by atoms with Gasteiger partial charge in [-0.2, -0.15) is 4.31 Å². The van der Waals surface area contributed by atoms with E-state index in [9.17, 15) is 18.0 Å². The summed E-state index contributed by atoms with van der Waals surface area (Å²) in [4.78, 5) is 26.7. The predicted molar refractivity (Wildman–Crippen MR) is 93.8 cm³/mol. The van der Waals surface area contributed by atoms with Crippen LogP contribution in [0.4, 0.5) is 0 Å². The van der Waals surface area contributed by atoms with Crippen LogP contribution in [-0.4, -0.2) is 67.4 Å². The molecule has 0 aromatic carbocycles. The second-order valence-electron chi connectivity index (χ2n) is 7.95. The van der Waals surface area contributed by atoms with E-state index in [0.29, 0.717) is 13.1 Å². The summed E-state index contributed by atoms with van der Waals surface area (Å²) in [6.07, 6.45) is 1.18. The standard InChI is InChI=1S/C16H31N3O4S/c1-11(2)13(17-15(21)16(4,5)6)14(20)18-8-9-19(12(3)10-18)24(7,22)23/h11-13H,8-10H2,1-7H3,(H,17,21)/t12-,13?/m0/s1. The number of rotatable bonds is 4. The first-order valence-corrected chi connectivity index (χ1v) is 10.2. The Morgan fingerprint density at radius 1 is 1.17 bits per heavy atom. The van der Waals surface area contributed by atoms with Gasteiger partial charge >= 0.3 is 0 Å². The van der Waals surface area contributed by atoms with E-state index in [2.05, 4.69) is 5.32 Å². The number of sulfonamides is 1. The number of amides is 2. The van der Waals surface area contributed by atoms with Crippen molar-refractivity contribution in [2.75, 3.05) is 25.9 Å². The Morgan fingerprint density at radius 2 is 1.71 bits per heavy atom. The van der Waals surface area contributed by atoms with Gasteiger partial charge < -0.3 is 10.2 Å². The molecule has 140 valence electrons. The number of piperazine rings is 1. The van der Waals surface area contributed by atoms with Crippen molar-refractivity contribution in [3.05, 3.63) is 0 Å². The summed E-state index contributed by atoms with van der Waals surface area (Å²) in [7, 11) is -3.27. The Morgan fingerprint density at radius 3 is 2.08 bits per heavy atom. The molecule has 1 aliphatic rings. The Labute approximate surface area is 145 Å². The summed E-state index contributed by atoms with van der Waals surface area (Å²) < 4.78 is 24.9. The molecule has 1 saturated heterocycles. The number of carbonyl (C=O) groups is 2. The Balaban J connectivity index is 2.85. The third-order valence-corrected chi connectivity index (χ3v) is 5.60. The summed E-state index contributed by atoms with van der Waals surface area (Å²) in [6.45, 7) is 11.9. The largest absolute Gasteiger partial charge is 0.344 e. The average Bonchev–Trinajstić information content (AvgIpc) is 2.40. The van der Waals surface area contributed by atoms with Gasteiger partial charge in [-0.15, -0.1) is 0 Å². The van der Waals surface area contributed by atoms with Gasteiger partial charge in [-0.05, 0) is 12.8 Å². The van der Waals surface area contributed by atoms with Gasteiger partial charge in [-0.1, -0.05) is 34.6 Å². The van der Waals surface area contributed by atoms with Crippen LogP contribution in [0.5, 0.6) is 0 Å². The van der Waals surface area contributed by atoms with Gasteiger partial charge in [0.05, 0.1) is 6.26 Å². The molecule has 1 heterocycles. The lowest BCUT2D eigenvalue weighted by atomic mass is 9.93. The van der Waals surface area contributed by atoms with Crippen molar-refractivity contribution >= 4 is 21.8 Å². The van der Waals surface area contributed by atoms with Crippen LogP contribution in [0.1, 0.15) is 41.5 Å². The van der Waals surface area contributed by atoms with Gasteiger partial charge in [-0.25, -0.2) is 8.42 Å². The Kier molecular flexibility index (Phi) is 6.43. The molecule has 1 fully saturated rings. The minimum absolute atomic E-state index is 0.0490. The number of nitrogens with one attached hydrogen (secondary N) is 1. The molecule has 0 aromatic heterocycles. The lowest BCUT2D eigenvalue weighted by molar-refractivity contribution is -0.141. The van der Waals surface area contributed by atoms with Crippen LogP contribution in [0.3, 0.4) is 0 Å². The highest BCUT2D eigenvalue weighted by molar-refractivity contribution is 7.88. The lowest BCUT2D eigenvalue weighted by Gasteiger charge is -2.40. The van der Waals surface area contributed by atoms with Crippen molar-refractivity contribution in [2.24, 2.45) is 11.3 Å². The Hall–Kier alpha value is -1.15. The van der Waals surface area contributed by atoms with Crippen molar-refractivity contribution < 1.29 is 18.0 Å². The van der Waals surface area contributed by atoms with Crippen molar-refractivity contribution in [3.63, 3.8) is 0 Å². The first kappa shape index (κ1) is 20.9. The zero-order chi connectivity index (χ0) is 18.9. The third kappa shape index (κ3) is 5.17. The molecule has 7 nitrogen and oxygen atoms in total. The predicted octanol–water partition coefficient (Wildman–Crippen LogP) is 0.666. The van der Waals surface area contributed by atoms with Crippen LogP contribution < -0.4 is 5.32 Å². The summed E-state index contributed by atoms with van der Waals surface area (Å²) in [5.74, 6) is -0.369. The highest BCUT2D eigenvalue weighted by Crippen LogP contribution is 2.18. The topological polar surface area (TPSA) is 86.8 Å². The SMILES string of the molecule is CC(C)C(NC(=O)C(C)(C)C)C(=O)N1CCN(S(C)(=O)=O)[C@@H](C)C1. The molecule has 0 aromatic rings. The fraction of sp³-hybridized carbons (Fsp3) is 0.875. The van der Waals surface area contributed by atoms with E-state index in [1.54, 1.807) is 32.6 Å². The number of carbonyl (C=O) groups excluding carboxylic acids is 2. The maximum absolute atomic E-state index is 12.8. The number of nitrogens with zero attached hydrogens (tertiary/aromatic N) is 2. The number of hydrogen-bond donors (Lipinski definition) is 1. The molecule has 24 heavy (non-hydrogen) atoms. The van der Waals surface area contributed by atoms with Crippen molar-refractivity contribution in [3.8, 4) is 0 Å². The molecule has 0 bridgehead atoms. The first-order chi connectivity index (χ1) is 10.7. The molecule has 0 saturated carbocycles. The molecule has 1 aliphatic heterocycles. The van der Waals surface area contributed by atoms with Gasteiger partial charge in [0.25, 0.3) is 0 Å². The zero-order valence-corrected chi connectivity index (χ0v) is 16.6. The minimum atomic E-state index is -3.27. The van der Waals surface area contributed by atoms with Crippen LogP contribution >= 0.6 is 0 Å². The molecular weight excluding hydrogens is 330 g/mol. The summed E-state index contributed by atoms with van der Waals surface area (Å²) in [5, 5.41) is 2.85. The molecule has 8 heteroatoms. The van der Waals surface area contributed by atoms with E-state index in [4.69, 9.17) is 0 Å². The van der Waals surface area contributed by atoms with E-state index in [0.717, 1.165) is 0 Å². The molecular formula is C16H31N3O4S. The molecule has 0 spiro atoms. The summed E-state index contributed by atoms with van der Waals surface area (Å²) in [6, 6.07) is -0.877. The first-order valence-electron chi connectivity index (χ1n) is 8.31. The average molecular weight is 362 g/mol. The van der Waals surface area contributed by atoms with Gasteiger partial charge in [0.1, 0.15) is 6.04 Å². The molecule has 1 N–H and O–H groups in total. The maximum atomic E-state index is 12.8. The minimum Gasteiger partial charge on any atom is -0.344 e. The fourth-order valence-electron chi connectivity index (χ4n) is 2.70. The van der Waals surface area contributed by atoms with E-state index in [1.165, 1.54) is 10.6 Å². The maximum Gasteiger partial charge on any atom is 0.245 e. The number of hydrogen-bond acceptors (Lipinski definition) is 4.